The van der Waals surface area contributed by atoms with Crippen LogP contribution >= 0.6 is 11.8 Å². The molecule has 1 unspecified atom stereocenters. The first-order valence-electron chi connectivity index (χ1n) is 6.18. The first-order chi connectivity index (χ1) is 8.60. The van der Waals surface area contributed by atoms with Crippen LogP contribution in [0, 0.1) is 25.2 Å². The minimum absolute atomic E-state index is 0.299. The monoisotopic (exact) mass is 264 g/mol. The maximum absolute atomic E-state index is 9.19. The number of aromatic nitrogens is 2. The van der Waals surface area contributed by atoms with Crippen LogP contribution in [0.1, 0.15) is 37.1 Å². The Morgan fingerprint density at radius 2 is 2.11 bits per heavy atom. The lowest BCUT2D eigenvalue weighted by molar-refractivity contribution is 0.759. The maximum atomic E-state index is 9.19. The Hall–Kier alpha value is -1.28. The molecule has 0 aliphatic heterocycles. The molecular weight excluding hydrogens is 244 g/mol. The Kier molecular flexibility index (Phi) is 5.93. The van der Waals surface area contributed by atoms with Crippen molar-refractivity contribution in [1.82, 2.24) is 10.2 Å². The molecule has 1 N–H and O–H groups in total. The van der Waals surface area contributed by atoms with Crippen molar-refractivity contribution in [2.75, 3.05) is 16.8 Å². The molecule has 1 aromatic rings. The second kappa shape index (κ2) is 7.22. The van der Waals surface area contributed by atoms with Crippen LogP contribution in [0.25, 0.3) is 0 Å². The van der Waals surface area contributed by atoms with Crippen molar-refractivity contribution < 1.29 is 0 Å². The molecule has 0 bridgehead atoms. The van der Waals surface area contributed by atoms with E-state index in [0.717, 1.165) is 29.2 Å². The minimum Gasteiger partial charge on any atom is -0.365 e. The van der Waals surface area contributed by atoms with Crippen molar-refractivity contribution in [3.05, 3.63) is 16.8 Å². The first-order valence-corrected chi connectivity index (χ1v) is 7.33. The summed E-state index contributed by atoms with van der Waals surface area (Å²) >= 11 is 1.92. The lowest BCUT2D eigenvalue weighted by Gasteiger charge is -2.15. The summed E-state index contributed by atoms with van der Waals surface area (Å²) in [6.45, 7) is 8.04. The van der Waals surface area contributed by atoms with Gasteiger partial charge in [0.1, 0.15) is 11.6 Å². The van der Waals surface area contributed by atoms with E-state index >= 15 is 0 Å². The van der Waals surface area contributed by atoms with Crippen molar-refractivity contribution in [2.45, 2.75) is 40.2 Å². The number of rotatable bonds is 6. The van der Waals surface area contributed by atoms with Crippen LogP contribution in [0.2, 0.25) is 0 Å². The molecule has 98 valence electrons. The fourth-order valence-corrected chi connectivity index (χ4v) is 2.37. The summed E-state index contributed by atoms with van der Waals surface area (Å²) in [5.41, 5.74) is 2.33. The van der Waals surface area contributed by atoms with E-state index in [1.165, 1.54) is 0 Å². The molecule has 0 aromatic carbocycles. The maximum Gasteiger partial charge on any atom is 0.167 e. The van der Waals surface area contributed by atoms with Crippen LogP contribution in [-0.2, 0) is 0 Å². The summed E-state index contributed by atoms with van der Waals surface area (Å²) in [5, 5.41) is 20.6. The van der Waals surface area contributed by atoms with Gasteiger partial charge in [-0.25, -0.2) is 0 Å². The number of nitrogens with zero attached hydrogens (tertiary/aromatic N) is 3. The van der Waals surface area contributed by atoms with Crippen LogP contribution in [0.3, 0.4) is 0 Å². The van der Waals surface area contributed by atoms with Crippen LogP contribution in [0.4, 0.5) is 5.82 Å². The Bertz CT molecular complexity index is 439. The lowest BCUT2D eigenvalue weighted by Crippen LogP contribution is -2.19. The van der Waals surface area contributed by atoms with Crippen LogP contribution in [0.5, 0.6) is 0 Å². The molecule has 1 rings (SSSR count). The van der Waals surface area contributed by atoms with Gasteiger partial charge in [-0.15, -0.1) is 5.10 Å². The van der Waals surface area contributed by atoms with Gasteiger partial charge in [0.2, 0.25) is 0 Å². The van der Waals surface area contributed by atoms with Crippen molar-refractivity contribution >= 4 is 17.6 Å². The van der Waals surface area contributed by atoms with E-state index in [1.54, 1.807) is 0 Å². The average Bonchev–Trinajstić information content (AvgIpc) is 2.35. The molecule has 4 nitrogen and oxygen atoms in total. The third kappa shape index (κ3) is 3.88. The van der Waals surface area contributed by atoms with Crippen molar-refractivity contribution in [2.24, 2.45) is 0 Å². The topological polar surface area (TPSA) is 61.6 Å². The Morgan fingerprint density at radius 3 is 2.72 bits per heavy atom. The number of nitriles is 1. The molecule has 18 heavy (non-hydrogen) atoms. The summed E-state index contributed by atoms with van der Waals surface area (Å²) < 4.78 is 0. The van der Waals surface area contributed by atoms with E-state index in [0.29, 0.717) is 17.4 Å². The van der Waals surface area contributed by atoms with Gasteiger partial charge >= 0.3 is 0 Å². The Labute approximate surface area is 113 Å². The largest absolute Gasteiger partial charge is 0.365 e. The zero-order valence-electron chi connectivity index (χ0n) is 11.4. The molecule has 1 heterocycles. The van der Waals surface area contributed by atoms with Crippen LogP contribution < -0.4 is 5.32 Å². The normalized spacial score (nSPS) is 11.9. The predicted molar refractivity (Wildman–Crippen MR) is 76.9 cm³/mol. The molecule has 1 atom stereocenters. The standard InChI is InChI=1S/C13H20N4S/c1-5-18-7-6-9(2)15-13-12(8-14)10(3)11(4)16-17-13/h9H,5-7H2,1-4H3,(H,15,17). The van der Waals surface area contributed by atoms with Crippen molar-refractivity contribution in [3.8, 4) is 6.07 Å². The molecule has 0 saturated carbocycles. The minimum atomic E-state index is 0.299. The second-order valence-corrected chi connectivity index (χ2v) is 5.67. The lowest BCUT2D eigenvalue weighted by atomic mass is 10.1. The number of anilines is 1. The molecule has 0 saturated heterocycles. The molecule has 0 fully saturated rings. The van der Waals surface area contributed by atoms with Gasteiger partial charge in [-0.1, -0.05) is 6.92 Å². The van der Waals surface area contributed by atoms with Gasteiger partial charge in [-0.3, -0.25) is 0 Å². The summed E-state index contributed by atoms with van der Waals surface area (Å²) in [5.74, 6) is 2.86. The molecule has 0 aliphatic carbocycles. The van der Waals surface area contributed by atoms with Crippen LogP contribution in [-0.4, -0.2) is 27.7 Å². The second-order valence-electron chi connectivity index (χ2n) is 4.28. The number of thioether (sulfide) groups is 1. The summed E-state index contributed by atoms with van der Waals surface area (Å²) in [7, 11) is 0. The molecule has 1 aromatic heterocycles. The van der Waals surface area contributed by atoms with E-state index in [-0.39, 0.29) is 0 Å². The highest BCUT2D eigenvalue weighted by atomic mass is 32.2. The quantitative estimate of drug-likeness (QED) is 0.800. The van der Waals surface area contributed by atoms with E-state index in [2.05, 4.69) is 35.4 Å². The smallest absolute Gasteiger partial charge is 0.167 e. The van der Waals surface area contributed by atoms with Gasteiger partial charge in [0, 0.05) is 6.04 Å². The first kappa shape index (κ1) is 14.8. The highest BCUT2D eigenvalue weighted by molar-refractivity contribution is 7.99. The average molecular weight is 264 g/mol. The third-order valence-corrected chi connectivity index (χ3v) is 3.78. The van der Waals surface area contributed by atoms with Gasteiger partial charge < -0.3 is 5.32 Å². The molecule has 0 radical (unpaired) electrons. The number of hydrogen-bond acceptors (Lipinski definition) is 5. The summed E-state index contributed by atoms with van der Waals surface area (Å²) in [4.78, 5) is 0. The summed E-state index contributed by atoms with van der Waals surface area (Å²) in [6, 6.07) is 2.51. The van der Waals surface area contributed by atoms with E-state index in [4.69, 9.17) is 0 Å². The predicted octanol–water partition coefficient (Wildman–Crippen LogP) is 2.91. The van der Waals surface area contributed by atoms with E-state index in [9.17, 15) is 5.26 Å². The number of nitrogens with one attached hydrogen (secondary N) is 1. The van der Waals surface area contributed by atoms with Gasteiger partial charge in [0.05, 0.1) is 5.69 Å². The molecule has 5 heteroatoms. The number of aryl methyl sites for hydroxylation is 1. The molecule has 0 spiro atoms. The van der Waals surface area contributed by atoms with Crippen molar-refractivity contribution in [1.29, 1.82) is 5.26 Å². The third-order valence-electron chi connectivity index (χ3n) is 2.85. The van der Waals surface area contributed by atoms with Gasteiger partial charge in [0.15, 0.2) is 5.82 Å². The zero-order chi connectivity index (χ0) is 13.5. The highest BCUT2D eigenvalue weighted by Gasteiger charge is 2.12. The molecule has 0 amide bonds. The van der Waals surface area contributed by atoms with Gasteiger partial charge in [-0.2, -0.15) is 22.1 Å². The van der Waals surface area contributed by atoms with Crippen LogP contribution in [0.15, 0.2) is 0 Å². The van der Waals surface area contributed by atoms with E-state index < -0.39 is 0 Å². The van der Waals surface area contributed by atoms with Gasteiger partial charge in [-0.05, 0) is 44.3 Å². The molecule has 0 aliphatic rings. The van der Waals surface area contributed by atoms with Gasteiger partial charge in [0.25, 0.3) is 0 Å². The summed E-state index contributed by atoms with van der Waals surface area (Å²) in [6.07, 6.45) is 1.05. The zero-order valence-corrected chi connectivity index (χ0v) is 12.3. The Balaban J connectivity index is 2.73. The highest BCUT2D eigenvalue weighted by Crippen LogP contribution is 2.18. The van der Waals surface area contributed by atoms with E-state index in [1.807, 2.05) is 25.6 Å². The molecular formula is C13H20N4S. The fourth-order valence-electron chi connectivity index (χ4n) is 1.56. The van der Waals surface area contributed by atoms with Crippen molar-refractivity contribution in [3.63, 3.8) is 0 Å². The Morgan fingerprint density at radius 1 is 1.39 bits per heavy atom. The fraction of sp³-hybridized carbons (Fsp3) is 0.615. The number of hydrogen-bond donors (Lipinski definition) is 1. The SMILES string of the molecule is CCSCCC(C)Nc1nnc(C)c(C)c1C#N.